The van der Waals surface area contributed by atoms with Crippen LogP contribution in [0.25, 0.3) is 0 Å². The lowest BCUT2D eigenvalue weighted by molar-refractivity contribution is 0.124. The van der Waals surface area contributed by atoms with Gasteiger partial charge in [0.25, 0.3) is 0 Å². The smallest absolute Gasteiger partial charge is 0.0995 e. The SMILES string of the molecule is N#Cc1ccccc1COCCc1ccccc1N. The molecule has 0 saturated heterocycles. The first-order valence-electron chi connectivity index (χ1n) is 6.20. The van der Waals surface area contributed by atoms with Crippen LogP contribution in [0.2, 0.25) is 0 Å². The van der Waals surface area contributed by atoms with Crippen LogP contribution in [-0.2, 0) is 17.8 Å². The summed E-state index contributed by atoms with van der Waals surface area (Å²) in [7, 11) is 0. The summed E-state index contributed by atoms with van der Waals surface area (Å²) in [5.41, 5.74) is 9.34. The number of nitrogen functional groups attached to an aromatic ring is 1. The van der Waals surface area contributed by atoms with Gasteiger partial charge in [-0.3, -0.25) is 0 Å². The lowest BCUT2D eigenvalue weighted by Crippen LogP contribution is -2.02. The van der Waals surface area contributed by atoms with Crippen molar-refractivity contribution in [1.82, 2.24) is 0 Å². The second kappa shape index (κ2) is 6.58. The molecule has 2 rings (SSSR count). The summed E-state index contributed by atoms with van der Waals surface area (Å²) < 4.78 is 5.61. The van der Waals surface area contributed by atoms with E-state index in [9.17, 15) is 0 Å². The van der Waals surface area contributed by atoms with Crippen molar-refractivity contribution < 1.29 is 4.74 Å². The van der Waals surface area contributed by atoms with Crippen molar-refractivity contribution in [2.75, 3.05) is 12.3 Å². The highest BCUT2D eigenvalue weighted by atomic mass is 16.5. The number of hydrogen-bond acceptors (Lipinski definition) is 3. The molecule has 3 nitrogen and oxygen atoms in total. The van der Waals surface area contributed by atoms with Crippen LogP contribution in [0.3, 0.4) is 0 Å². The average Bonchev–Trinajstić information content (AvgIpc) is 2.45. The predicted octanol–water partition coefficient (Wildman–Crippen LogP) is 2.90. The molecule has 0 radical (unpaired) electrons. The Labute approximate surface area is 113 Å². The Morgan fingerprint density at radius 1 is 1.00 bits per heavy atom. The molecule has 0 saturated carbocycles. The van der Waals surface area contributed by atoms with E-state index in [1.807, 2.05) is 42.5 Å². The third-order valence-corrected chi connectivity index (χ3v) is 2.97. The zero-order valence-corrected chi connectivity index (χ0v) is 10.7. The molecule has 0 aliphatic carbocycles. The molecule has 2 aromatic carbocycles. The average molecular weight is 252 g/mol. The maximum absolute atomic E-state index is 8.97. The van der Waals surface area contributed by atoms with E-state index < -0.39 is 0 Å². The van der Waals surface area contributed by atoms with Crippen molar-refractivity contribution in [1.29, 1.82) is 5.26 Å². The molecular weight excluding hydrogens is 236 g/mol. The molecule has 96 valence electrons. The van der Waals surface area contributed by atoms with Gasteiger partial charge in [-0.15, -0.1) is 0 Å². The lowest BCUT2D eigenvalue weighted by atomic mass is 10.1. The monoisotopic (exact) mass is 252 g/mol. The highest BCUT2D eigenvalue weighted by Crippen LogP contribution is 2.12. The van der Waals surface area contributed by atoms with Crippen LogP contribution in [-0.4, -0.2) is 6.61 Å². The number of nitrogens with zero attached hydrogens (tertiary/aromatic N) is 1. The second-order valence-electron chi connectivity index (χ2n) is 4.27. The van der Waals surface area contributed by atoms with Gasteiger partial charge in [0, 0.05) is 5.69 Å². The van der Waals surface area contributed by atoms with Crippen molar-refractivity contribution in [3.63, 3.8) is 0 Å². The Morgan fingerprint density at radius 2 is 1.68 bits per heavy atom. The molecule has 2 N–H and O–H groups in total. The van der Waals surface area contributed by atoms with Crippen molar-refractivity contribution in [2.24, 2.45) is 0 Å². The quantitative estimate of drug-likeness (QED) is 0.657. The van der Waals surface area contributed by atoms with Crippen molar-refractivity contribution in [3.05, 3.63) is 65.2 Å². The van der Waals surface area contributed by atoms with E-state index in [-0.39, 0.29) is 0 Å². The molecule has 0 aromatic heterocycles. The van der Waals surface area contributed by atoms with E-state index >= 15 is 0 Å². The van der Waals surface area contributed by atoms with E-state index in [4.69, 9.17) is 15.7 Å². The van der Waals surface area contributed by atoms with Crippen molar-refractivity contribution in [3.8, 4) is 6.07 Å². The molecule has 0 bridgehead atoms. The molecule has 0 unspecified atom stereocenters. The molecule has 0 aliphatic heterocycles. The summed E-state index contributed by atoms with van der Waals surface area (Å²) in [5.74, 6) is 0. The van der Waals surface area contributed by atoms with Gasteiger partial charge in [0.15, 0.2) is 0 Å². The number of nitriles is 1. The number of hydrogen-bond donors (Lipinski definition) is 1. The van der Waals surface area contributed by atoms with Crippen LogP contribution in [0.15, 0.2) is 48.5 Å². The first-order chi connectivity index (χ1) is 9.31. The second-order valence-corrected chi connectivity index (χ2v) is 4.27. The number of para-hydroxylation sites is 1. The topological polar surface area (TPSA) is 59.0 Å². The van der Waals surface area contributed by atoms with E-state index in [1.54, 1.807) is 6.07 Å². The van der Waals surface area contributed by atoms with Gasteiger partial charge >= 0.3 is 0 Å². The molecule has 0 spiro atoms. The Hall–Kier alpha value is -2.31. The van der Waals surface area contributed by atoms with Gasteiger partial charge in [-0.2, -0.15) is 5.26 Å². The predicted molar refractivity (Wildman–Crippen MR) is 75.4 cm³/mol. The standard InChI is InChI=1S/C16H16N2O/c17-11-14-6-1-2-7-15(14)12-19-10-9-13-5-3-4-8-16(13)18/h1-8H,9-10,12,18H2. The molecule has 0 amide bonds. The zero-order valence-electron chi connectivity index (χ0n) is 10.7. The summed E-state index contributed by atoms with van der Waals surface area (Å²) in [6, 6.07) is 17.4. The van der Waals surface area contributed by atoms with Crippen LogP contribution in [0.5, 0.6) is 0 Å². The highest BCUT2D eigenvalue weighted by molar-refractivity contribution is 5.46. The molecule has 3 heteroatoms. The van der Waals surface area contributed by atoms with Crippen molar-refractivity contribution in [2.45, 2.75) is 13.0 Å². The summed E-state index contributed by atoms with van der Waals surface area (Å²) in [5, 5.41) is 8.97. The third-order valence-electron chi connectivity index (χ3n) is 2.97. The fraction of sp³-hybridized carbons (Fsp3) is 0.188. The Kier molecular flexibility index (Phi) is 4.54. The van der Waals surface area contributed by atoms with E-state index in [0.717, 1.165) is 23.2 Å². The number of benzene rings is 2. The van der Waals surface area contributed by atoms with Crippen LogP contribution in [0.4, 0.5) is 5.69 Å². The van der Waals surface area contributed by atoms with Crippen LogP contribution < -0.4 is 5.73 Å². The number of anilines is 1. The molecule has 0 fully saturated rings. The summed E-state index contributed by atoms with van der Waals surface area (Å²) in [4.78, 5) is 0. The van der Waals surface area contributed by atoms with Crippen molar-refractivity contribution >= 4 is 5.69 Å². The Bertz CT molecular complexity index is 587. The van der Waals surface area contributed by atoms with Crippen LogP contribution >= 0.6 is 0 Å². The van der Waals surface area contributed by atoms with Gasteiger partial charge in [-0.1, -0.05) is 36.4 Å². The van der Waals surface area contributed by atoms with E-state index in [0.29, 0.717) is 18.8 Å². The van der Waals surface area contributed by atoms with Gasteiger partial charge in [0.1, 0.15) is 0 Å². The summed E-state index contributed by atoms with van der Waals surface area (Å²) >= 11 is 0. The van der Waals surface area contributed by atoms with Gasteiger partial charge in [0.05, 0.1) is 24.8 Å². The highest BCUT2D eigenvalue weighted by Gasteiger charge is 2.01. The molecule has 0 heterocycles. The van der Waals surface area contributed by atoms with Crippen LogP contribution in [0, 0.1) is 11.3 Å². The maximum Gasteiger partial charge on any atom is 0.0995 e. The van der Waals surface area contributed by atoms with Gasteiger partial charge < -0.3 is 10.5 Å². The fourth-order valence-electron chi connectivity index (χ4n) is 1.88. The van der Waals surface area contributed by atoms with Crippen LogP contribution in [0.1, 0.15) is 16.7 Å². The fourth-order valence-corrected chi connectivity index (χ4v) is 1.88. The minimum absolute atomic E-state index is 0.455. The summed E-state index contributed by atoms with van der Waals surface area (Å²) in [6.07, 6.45) is 0.779. The lowest BCUT2D eigenvalue weighted by Gasteiger charge is -2.07. The molecule has 2 aromatic rings. The van der Waals surface area contributed by atoms with E-state index in [2.05, 4.69) is 6.07 Å². The Balaban J connectivity index is 1.85. The van der Waals surface area contributed by atoms with Gasteiger partial charge in [0.2, 0.25) is 0 Å². The first-order valence-corrected chi connectivity index (χ1v) is 6.20. The first kappa shape index (κ1) is 13.1. The zero-order chi connectivity index (χ0) is 13.5. The largest absolute Gasteiger partial charge is 0.399 e. The molecule has 0 aliphatic rings. The normalized spacial score (nSPS) is 10.1. The summed E-state index contributed by atoms with van der Waals surface area (Å²) in [6.45, 7) is 1.05. The molecular formula is C16H16N2O. The molecule has 19 heavy (non-hydrogen) atoms. The van der Waals surface area contributed by atoms with Gasteiger partial charge in [-0.25, -0.2) is 0 Å². The third kappa shape index (κ3) is 3.57. The minimum atomic E-state index is 0.455. The van der Waals surface area contributed by atoms with Gasteiger partial charge in [-0.05, 0) is 29.7 Å². The Morgan fingerprint density at radius 3 is 2.42 bits per heavy atom. The number of nitrogens with two attached hydrogens (primary N) is 1. The maximum atomic E-state index is 8.97. The van der Waals surface area contributed by atoms with E-state index in [1.165, 1.54) is 0 Å². The number of ether oxygens (including phenoxy) is 1. The minimum Gasteiger partial charge on any atom is -0.399 e. The number of rotatable bonds is 5. The molecule has 0 atom stereocenters.